The average molecular weight is 305 g/mol. The van der Waals surface area contributed by atoms with Crippen LogP contribution in [0.5, 0.6) is 5.75 Å². The molecule has 1 rings (SSSR count). The fraction of sp³-hybridized carbons (Fsp3) is 0.417. The molecule has 112 valence electrons. The van der Waals surface area contributed by atoms with Crippen LogP contribution in [0.1, 0.15) is 6.92 Å². The van der Waals surface area contributed by atoms with Gasteiger partial charge in [0.1, 0.15) is 6.54 Å². The summed E-state index contributed by atoms with van der Waals surface area (Å²) in [6.07, 6.45) is 0. The van der Waals surface area contributed by atoms with Gasteiger partial charge < -0.3 is 9.47 Å². The Balaban J connectivity index is 3.14. The predicted molar refractivity (Wildman–Crippen MR) is 69.4 cm³/mol. The first-order valence-corrected chi connectivity index (χ1v) is 7.21. The number of rotatable bonds is 6. The highest BCUT2D eigenvalue weighted by Crippen LogP contribution is 2.23. The first kappa shape index (κ1) is 16.4. The number of halogens is 1. The minimum absolute atomic E-state index is 0.0556. The van der Waals surface area contributed by atoms with Crippen LogP contribution in [0, 0.1) is 5.82 Å². The van der Waals surface area contributed by atoms with Crippen molar-refractivity contribution in [2.24, 2.45) is 0 Å². The fourth-order valence-corrected chi connectivity index (χ4v) is 2.94. The number of ether oxygens (including phenoxy) is 2. The maximum atomic E-state index is 13.6. The van der Waals surface area contributed by atoms with Gasteiger partial charge in [-0.05, 0) is 18.2 Å². The second-order valence-electron chi connectivity index (χ2n) is 3.80. The maximum absolute atomic E-state index is 13.6. The number of hydrogen-bond donors (Lipinski definition) is 0. The Labute approximate surface area is 117 Å². The zero-order chi connectivity index (χ0) is 15.3. The molecular weight excluding hydrogens is 289 g/mol. The van der Waals surface area contributed by atoms with Gasteiger partial charge in [0.2, 0.25) is 10.0 Å². The molecule has 0 atom stereocenters. The van der Waals surface area contributed by atoms with Crippen LogP contribution in [0.2, 0.25) is 0 Å². The SMILES string of the molecule is CCN(CC(=O)OC)S(=O)(=O)c1ccc(OC)c(F)c1. The lowest BCUT2D eigenvalue weighted by atomic mass is 10.3. The van der Waals surface area contributed by atoms with Crippen molar-refractivity contribution in [1.82, 2.24) is 4.31 Å². The molecule has 0 saturated heterocycles. The highest BCUT2D eigenvalue weighted by atomic mass is 32.2. The second kappa shape index (κ2) is 6.67. The van der Waals surface area contributed by atoms with E-state index in [1.807, 2.05) is 0 Å². The summed E-state index contributed by atoms with van der Waals surface area (Å²) < 4.78 is 48.2. The Hall–Kier alpha value is -1.67. The molecule has 0 aliphatic rings. The average Bonchev–Trinajstić information content (AvgIpc) is 2.43. The van der Waals surface area contributed by atoms with E-state index in [1.54, 1.807) is 6.92 Å². The topological polar surface area (TPSA) is 72.9 Å². The number of esters is 1. The van der Waals surface area contributed by atoms with Crippen molar-refractivity contribution in [3.63, 3.8) is 0 Å². The number of carbonyl (C=O) groups is 1. The quantitative estimate of drug-likeness (QED) is 0.734. The van der Waals surface area contributed by atoms with E-state index in [0.29, 0.717) is 0 Å². The molecule has 0 unspecified atom stereocenters. The van der Waals surface area contributed by atoms with Gasteiger partial charge in [0.25, 0.3) is 0 Å². The van der Waals surface area contributed by atoms with E-state index in [9.17, 15) is 17.6 Å². The molecule has 0 N–H and O–H groups in total. The smallest absolute Gasteiger partial charge is 0.321 e. The van der Waals surface area contributed by atoms with Gasteiger partial charge in [-0.25, -0.2) is 12.8 Å². The number of nitrogens with zero attached hydrogens (tertiary/aromatic N) is 1. The van der Waals surface area contributed by atoms with E-state index in [0.717, 1.165) is 17.5 Å². The van der Waals surface area contributed by atoms with E-state index in [-0.39, 0.29) is 17.2 Å². The third kappa shape index (κ3) is 3.45. The Morgan fingerprint density at radius 3 is 2.45 bits per heavy atom. The second-order valence-corrected chi connectivity index (χ2v) is 5.74. The molecule has 0 bridgehead atoms. The first-order chi connectivity index (χ1) is 9.36. The molecule has 8 heteroatoms. The van der Waals surface area contributed by atoms with Gasteiger partial charge in [-0.2, -0.15) is 4.31 Å². The maximum Gasteiger partial charge on any atom is 0.321 e. The van der Waals surface area contributed by atoms with Gasteiger partial charge in [0, 0.05) is 6.54 Å². The normalized spacial score (nSPS) is 11.4. The van der Waals surface area contributed by atoms with Gasteiger partial charge in [-0.3, -0.25) is 4.79 Å². The van der Waals surface area contributed by atoms with Crippen molar-refractivity contribution in [3.8, 4) is 5.75 Å². The molecular formula is C12H16FNO5S. The molecule has 0 aromatic heterocycles. The van der Waals surface area contributed by atoms with Crippen LogP contribution >= 0.6 is 0 Å². The Bertz CT molecular complexity index is 588. The van der Waals surface area contributed by atoms with E-state index in [1.165, 1.54) is 19.2 Å². The lowest BCUT2D eigenvalue weighted by molar-refractivity contribution is -0.140. The molecule has 0 fully saturated rings. The summed E-state index contributed by atoms with van der Waals surface area (Å²) in [5, 5.41) is 0. The lowest BCUT2D eigenvalue weighted by Gasteiger charge is -2.19. The number of carbonyl (C=O) groups excluding carboxylic acids is 1. The van der Waals surface area contributed by atoms with Gasteiger partial charge in [0.05, 0.1) is 19.1 Å². The third-order valence-corrected chi connectivity index (χ3v) is 4.56. The summed E-state index contributed by atoms with van der Waals surface area (Å²) in [6.45, 7) is 1.20. The minimum Gasteiger partial charge on any atom is -0.494 e. The molecule has 0 radical (unpaired) electrons. The van der Waals surface area contributed by atoms with Crippen LogP contribution in [-0.2, 0) is 19.6 Å². The van der Waals surface area contributed by atoms with Crippen molar-refractivity contribution in [1.29, 1.82) is 0 Å². The zero-order valence-corrected chi connectivity index (χ0v) is 12.2. The molecule has 0 amide bonds. The molecule has 1 aromatic rings. The van der Waals surface area contributed by atoms with Crippen molar-refractivity contribution in [2.75, 3.05) is 27.3 Å². The van der Waals surface area contributed by atoms with Gasteiger partial charge in [0.15, 0.2) is 11.6 Å². The Morgan fingerprint density at radius 1 is 1.35 bits per heavy atom. The van der Waals surface area contributed by atoms with E-state index < -0.39 is 28.4 Å². The van der Waals surface area contributed by atoms with Crippen LogP contribution < -0.4 is 4.74 Å². The van der Waals surface area contributed by atoms with Crippen molar-refractivity contribution < 1.29 is 27.1 Å². The minimum atomic E-state index is -3.97. The summed E-state index contributed by atoms with van der Waals surface area (Å²) >= 11 is 0. The van der Waals surface area contributed by atoms with Crippen molar-refractivity contribution in [3.05, 3.63) is 24.0 Å². The van der Waals surface area contributed by atoms with Gasteiger partial charge in [-0.15, -0.1) is 0 Å². The predicted octanol–water partition coefficient (Wildman–Crippen LogP) is 1.02. The largest absolute Gasteiger partial charge is 0.494 e. The van der Waals surface area contributed by atoms with Crippen LogP contribution in [0.3, 0.4) is 0 Å². The number of methoxy groups -OCH3 is 2. The molecule has 0 aliphatic heterocycles. The zero-order valence-electron chi connectivity index (χ0n) is 11.4. The number of hydrogen-bond acceptors (Lipinski definition) is 5. The molecule has 6 nitrogen and oxygen atoms in total. The highest BCUT2D eigenvalue weighted by Gasteiger charge is 2.26. The number of sulfonamides is 1. The third-order valence-electron chi connectivity index (χ3n) is 2.65. The van der Waals surface area contributed by atoms with Gasteiger partial charge in [-0.1, -0.05) is 6.92 Å². The van der Waals surface area contributed by atoms with Crippen LogP contribution in [0.4, 0.5) is 4.39 Å². The summed E-state index contributed by atoms with van der Waals surface area (Å²) in [5.74, 6) is -1.54. The van der Waals surface area contributed by atoms with Crippen molar-refractivity contribution >= 4 is 16.0 Å². The molecule has 0 spiro atoms. The summed E-state index contributed by atoms with van der Waals surface area (Å²) in [6, 6.07) is 3.29. The van der Waals surface area contributed by atoms with Crippen molar-refractivity contribution in [2.45, 2.75) is 11.8 Å². The van der Waals surface area contributed by atoms with Crippen LogP contribution in [0.25, 0.3) is 0 Å². The lowest BCUT2D eigenvalue weighted by Crippen LogP contribution is -2.36. The number of benzene rings is 1. The molecule has 20 heavy (non-hydrogen) atoms. The standard InChI is InChI=1S/C12H16FNO5S/c1-4-14(8-12(15)19-3)20(16,17)9-5-6-11(18-2)10(13)7-9/h5-7H,4,8H2,1-3H3. The summed E-state index contributed by atoms with van der Waals surface area (Å²) in [5.41, 5.74) is 0. The van der Waals surface area contributed by atoms with Gasteiger partial charge >= 0.3 is 5.97 Å². The Kier molecular flexibility index (Phi) is 5.46. The van der Waals surface area contributed by atoms with E-state index in [2.05, 4.69) is 4.74 Å². The summed E-state index contributed by atoms with van der Waals surface area (Å²) in [4.78, 5) is 11.0. The molecule has 0 heterocycles. The summed E-state index contributed by atoms with van der Waals surface area (Å²) in [7, 11) is -1.52. The van der Waals surface area contributed by atoms with Crippen LogP contribution in [0.15, 0.2) is 23.1 Å². The monoisotopic (exact) mass is 305 g/mol. The number of likely N-dealkylation sites (N-methyl/N-ethyl adjacent to an activating group) is 1. The van der Waals surface area contributed by atoms with Crippen LogP contribution in [-0.4, -0.2) is 46.0 Å². The fourth-order valence-electron chi connectivity index (χ4n) is 1.53. The molecule has 0 aliphatic carbocycles. The van der Waals surface area contributed by atoms with E-state index in [4.69, 9.17) is 4.74 Å². The Morgan fingerprint density at radius 2 is 2.00 bits per heavy atom. The molecule has 1 aromatic carbocycles. The first-order valence-electron chi connectivity index (χ1n) is 5.77. The highest BCUT2D eigenvalue weighted by molar-refractivity contribution is 7.89. The van der Waals surface area contributed by atoms with E-state index >= 15 is 0 Å². The molecule has 0 saturated carbocycles.